The van der Waals surface area contributed by atoms with Gasteiger partial charge in [0.05, 0.1) is 0 Å². The van der Waals surface area contributed by atoms with Crippen LogP contribution in [0.25, 0.3) is 10.9 Å². The van der Waals surface area contributed by atoms with Gasteiger partial charge in [-0.15, -0.1) is 0 Å². The van der Waals surface area contributed by atoms with Crippen molar-refractivity contribution in [3.8, 4) is 0 Å². The molecule has 4 fully saturated rings. The van der Waals surface area contributed by atoms with E-state index in [4.69, 9.17) is 0 Å². The monoisotopic (exact) mass is 336 g/mol. The highest BCUT2D eigenvalue weighted by Gasteiger charge is 2.53. The van der Waals surface area contributed by atoms with Crippen LogP contribution in [0.15, 0.2) is 36.5 Å². The summed E-state index contributed by atoms with van der Waals surface area (Å²) in [6.07, 6.45) is 10.4. The largest absolute Gasteiger partial charge is 0.352 e. The molecule has 0 saturated heterocycles. The molecule has 1 amide bonds. The first kappa shape index (κ1) is 15.5. The van der Waals surface area contributed by atoms with Gasteiger partial charge in [0.2, 0.25) is 5.91 Å². The molecule has 6 rings (SSSR count). The normalized spacial score (nSPS) is 34.4. The van der Waals surface area contributed by atoms with Crippen molar-refractivity contribution >= 4 is 16.8 Å². The predicted molar refractivity (Wildman–Crippen MR) is 100 cm³/mol. The molecule has 4 saturated carbocycles. The number of rotatable bonds is 4. The molecule has 4 aliphatic rings. The summed E-state index contributed by atoms with van der Waals surface area (Å²) >= 11 is 0. The summed E-state index contributed by atoms with van der Waals surface area (Å²) in [5, 5.41) is 4.58. The van der Waals surface area contributed by atoms with Crippen molar-refractivity contribution < 1.29 is 4.79 Å². The number of benzene rings is 1. The van der Waals surface area contributed by atoms with Gasteiger partial charge in [0.15, 0.2) is 0 Å². The van der Waals surface area contributed by atoms with Crippen molar-refractivity contribution in [1.82, 2.24) is 9.88 Å². The first-order valence-electron chi connectivity index (χ1n) is 9.94. The lowest BCUT2D eigenvalue weighted by molar-refractivity contribution is -0.126. The van der Waals surface area contributed by atoms with Gasteiger partial charge in [-0.3, -0.25) is 4.79 Å². The van der Waals surface area contributed by atoms with Gasteiger partial charge in [0, 0.05) is 17.8 Å². The summed E-state index contributed by atoms with van der Waals surface area (Å²) in [7, 11) is 0. The van der Waals surface area contributed by atoms with Gasteiger partial charge in [0.1, 0.15) is 6.54 Å². The van der Waals surface area contributed by atoms with Gasteiger partial charge < -0.3 is 9.88 Å². The minimum Gasteiger partial charge on any atom is -0.352 e. The van der Waals surface area contributed by atoms with E-state index < -0.39 is 0 Å². The van der Waals surface area contributed by atoms with Gasteiger partial charge in [-0.2, -0.15) is 0 Å². The maximum Gasteiger partial charge on any atom is 0.240 e. The standard InChI is InChI=1S/C22H28N2O/c1-15(22-11-16-8-17(12-22)10-18(9-16)13-22)23-21(25)14-24-7-6-19-4-2-3-5-20(19)24/h2-7,15-18H,8-14H2,1H3,(H,23,25). The molecule has 3 nitrogen and oxygen atoms in total. The highest BCUT2D eigenvalue weighted by atomic mass is 16.2. The summed E-state index contributed by atoms with van der Waals surface area (Å²) in [6.45, 7) is 2.68. The topological polar surface area (TPSA) is 34.0 Å². The third-order valence-electron chi connectivity index (χ3n) is 7.38. The molecule has 0 aliphatic heterocycles. The summed E-state index contributed by atoms with van der Waals surface area (Å²) in [5.41, 5.74) is 1.52. The Morgan fingerprint density at radius 1 is 1.12 bits per heavy atom. The number of hydrogen-bond donors (Lipinski definition) is 1. The second-order valence-electron chi connectivity index (χ2n) is 9.07. The average Bonchev–Trinajstić information content (AvgIpc) is 2.96. The number of para-hydroxylation sites is 1. The molecule has 4 bridgehead atoms. The van der Waals surface area contributed by atoms with Gasteiger partial charge in [0.25, 0.3) is 0 Å². The smallest absolute Gasteiger partial charge is 0.240 e. The molecule has 3 heteroatoms. The Balaban J connectivity index is 1.29. The zero-order chi connectivity index (χ0) is 17.0. The second kappa shape index (κ2) is 5.62. The van der Waals surface area contributed by atoms with Crippen LogP contribution in [0.1, 0.15) is 45.4 Å². The molecule has 1 aromatic heterocycles. The van der Waals surface area contributed by atoms with Crippen LogP contribution in [0.4, 0.5) is 0 Å². The summed E-state index contributed by atoms with van der Waals surface area (Å²) in [4.78, 5) is 12.7. The average molecular weight is 336 g/mol. The first-order valence-corrected chi connectivity index (χ1v) is 9.94. The Morgan fingerprint density at radius 2 is 1.76 bits per heavy atom. The van der Waals surface area contributed by atoms with Gasteiger partial charge >= 0.3 is 0 Å². The van der Waals surface area contributed by atoms with Crippen molar-refractivity contribution in [3.63, 3.8) is 0 Å². The van der Waals surface area contributed by atoms with Gasteiger partial charge in [-0.25, -0.2) is 0 Å². The van der Waals surface area contributed by atoms with E-state index >= 15 is 0 Å². The van der Waals surface area contributed by atoms with Crippen LogP contribution in [-0.4, -0.2) is 16.5 Å². The molecule has 2 aromatic rings. The Hall–Kier alpha value is -1.77. The fourth-order valence-corrected chi connectivity index (χ4v) is 6.58. The summed E-state index contributed by atoms with van der Waals surface area (Å²) < 4.78 is 2.07. The molecule has 1 heterocycles. The number of nitrogens with zero attached hydrogens (tertiary/aromatic N) is 1. The maximum atomic E-state index is 12.7. The highest BCUT2D eigenvalue weighted by molar-refractivity contribution is 5.83. The lowest BCUT2D eigenvalue weighted by Crippen LogP contribution is -2.56. The number of hydrogen-bond acceptors (Lipinski definition) is 1. The van der Waals surface area contributed by atoms with E-state index in [1.54, 1.807) is 0 Å². The van der Waals surface area contributed by atoms with Crippen LogP contribution in [0.5, 0.6) is 0 Å². The van der Waals surface area contributed by atoms with Crippen LogP contribution >= 0.6 is 0 Å². The van der Waals surface area contributed by atoms with E-state index in [1.165, 1.54) is 43.9 Å². The lowest BCUT2D eigenvalue weighted by Gasteiger charge is -2.59. The Labute approximate surface area is 149 Å². The number of aromatic nitrogens is 1. The fourth-order valence-electron chi connectivity index (χ4n) is 6.58. The summed E-state index contributed by atoms with van der Waals surface area (Å²) in [5.74, 6) is 2.95. The van der Waals surface area contributed by atoms with E-state index in [-0.39, 0.29) is 5.91 Å². The Morgan fingerprint density at radius 3 is 2.44 bits per heavy atom. The number of carbonyl (C=O) groups excluding carboxylic acids is 1. The molecular formula is C22H28N2O. The molecule has 1 N–H and O–H groups in total. The third-order valence-corrected chi connectivity index (χ3v) is 7.38. The van der Waals surface area contributed by atoms with Crippen LogP contribution in [-0.2, 0) is 11.3 Å². The minimum absolute atomic E-state index is 0.157. The van der Waals surface area contributed by atoms with Crippen molar-refractivity contribution in [2.24, 2.45) is 23.2 Å². The van der Waals surface area contributed by atoms with E-state index in [1.807, 2.05) is 18.3 Å². The van der Waals surface area contributed by atoms with Crippen molar-refractivity contribution in [2.75, 3.05) is 0 Å². The lowest BCUT2D eigenvalue weighted by atomic mass is 9.48. The zero-order valence-corrected chi connectivity index (χ0v) is 15.1. The maximum absolute atomic E-state index is 12.7. The molecule has 1 aromatic carbocycles. The minimum atomic E-state index is 0.157. The van der Waals surface area contributed by atoms with Crippen LogP contribution in [0, 0.1) is 23.2 Å². The first-order chi connectivity index (χ1) is 12.1. The van der Waals surface area contributed by atoms with Crippen molar-refractivity contribution in [3.05, 3.63) is 36.5 Å². The van der Waals surface area contributed by atoms with Gasteiger partial charge in [-0.1, -0.05) is 18.2 Å². The number of nitrogens with one attached hydrogen (secondary N) is 1. The zero-order valence-electron chi connectivity index (χ0n) is 15.1. The molecule has 0 radical (unpaired) electrons. The molecule has 132 valence electrons. The quantitative estimate of drug-likeness (QED) is 0.884. The van der Waals surface area contributed by atoms with E-state index in [0.717, 1.165) is 23.3 Å². The van der Waals surface area contributed by atoms with E-state index in [9.17, 15) is 4.79 Å². The Kier molecular flexibility index (Phi) is 3.48. The molecule has 25 heavy (non-hydrogen) atoms. The number of fused-ring (bicyclic) bond motifs is 1. The van der Waals surface area contributed by atoms with E-state index in [2.05, 4.69) is 35.0 Å². The molecule has 0 spiro atoms. The molecule has 1 atom stereocenters. The molecular weight excluding hydrogens is 308 g/mol. The van der Waals surface area contributed by atoms with Crippen LogP contribution < -0.4 is 5.32 Å². The predicted octanol–water partition coefficient (Wildman–Crippen LogP) is 4.36. The fraction of sp³-hybridized carbons (Fsp3) is 0.591. The van der Waals surface area contributed by atoms with Gasteiger partial charge in [-0.05, 0) is 86.1 Å². The second-order valence-corrected chi connectivity index (χ2v) is 9.07. The van der Waals surface area contributed by atoms with Crippen molar-refractivity contribution in [2.45, 2.75) is 58.0 Å². The Bertz CT molecular complexity index is 770. The highest BCUT2D eigenvalue weighted by Crippen LogP contribution is 2.61. The van der Waals surface area contributed by atoms with Crippen molar-refractivity contribution in [1.29, 1.82) is 0 Å². The third kappa shape index (κ3) is 2.59. The molecule has 1 unspecified atom stereocenters. The SMILES string of the molecule is CC(NC(=O)Cn1ccc2ccccc21)C12CC3CC(CC(C3)C1)C2. The molecule has 4 aliphatic carbocycles. The number of amides is 1. The summed E-state index contributed by atoms with van der Waals surface area (Å²) in [6, 6.07) is 10.7. The number of carbonyl (C=O) groups is 1. The van der Waals surface area contributed by atoms with E-state index in [0.29, 0.717) is 18.0 Å². The van der Waals surface area contributed by atoms with Crippen LogP contribution in [0.3, 0.4) is 0 Å². The van der Waals surface area contributed by atoms with Crippen LogP contribution in [0.2, 0.25) is 0 Å².